The molecule has 2 N–H and O–H groups in total. The van der Waals surface area contributed by atoms with Gasteiger partial charge in [0.15, 0.2) is 0 Å². The summed E-state index contributed by atoms with van der Waals surface area (Å²) in [4.78, 5) is 11.4. The van der Waals surface area contributed by atoms with E-state index < -0.39 is 11.6 Å². The maximum Gasteiger partial charge on any atom is 0.323 e. The molecule has 0 heterocycles. The highest BCUT2D eigenvalue weighted by molar-refractivity contribution is 5.76. The molecule has 4 nitrogen and oxygen atoms in total. The number of likely N-dealkylation sites (N-methyl/N-ethyl adjacent to an activating group) is 1. The lowest BCUT2D eigenvalue weighted by Crippen LogP contribution is -2.40. The average Bonchev–Trinajstić information content (AvgIpc) is 1.96. The van der Waals surface area contributed by atoms with Crippen LogP contribution in [0.2, 0.25) is 0 Å². The van der Waals surface area contributed by atoms with Crippen molar-refractivity contribution in [2.45, 2.75) is 38.8 Å². The summed E-state index contributed by atoms with van der Waals surface area (Å²) in [5.74, 6) is -0.316. The molecule has 0 radical (unpaired) electrons. The Balaban J connectivity index is 4.06. The number of hydrogen-bond acceptors (Lipinski definition) is 4. The Bertz CT molecular complexity index is 163. The zero-order valence-corrected chi connectivity index (χ0v) is 8.76. The van der Waals surface area contributed by atoms with Crippen LogP contribution in [-0.4, -0.2) is 36.4 Å². The Morgan fingerprint density at radius 3 is 2.38 bits per heavy atom. The lowest BCUT2D eigenvalue weighted by Gasteiger charge is -2.23. The van der Waals surface area contributed by atoms with E-state index in [0.29, 0.717) is 6.42 Å². The Hall–Kier alpha value is -0.610. The van der Waals surface area contributed by atoms with Crippen LogP contribution in [0.4, 0.5) is 0 Å². The van der Waals surface area contributed by atoms with Crippen LogP contribution in [0.1, 0.15) is 27.2 Å². The highest BCUT2D eigenvalue weighted by atomic mass is 16.6. The molecule has 0 rings (SSSR count). The van der Waals surface area contributed by atoms with Gasteiger partial charge in [0.2, 0.25) is 0 Å². The Morgan fingerprint density at radius 2 is 2.08 bits per heavy atom. The van der Waals surface area contributed by atoms with Crippen LogP contribution in [0.25, 0.3) is 0 Å². The Kier molecular flexibility index (Phi) is 4.95. The fourth-order valence-corrected chi connectivity index (χ4v) is 0.882. The van der Waals surface area contributed by atoms with Crippen molar-refractivity contribution in [3.8, 4) is 0 Å². The van der Waals surface area contributed by atoms with Gasteiger partial charge in [0.25, 0.3) is 0 Å². The third-order valence-electron chi connectivity index (χ3n) is 1.46. The van der Waals surface area contributed by atoms with Crippen LogP contribution in [0.5, 0.6) is 0 Å². The fraction of sp³-hybridized carbons (Fsp3) is 0.889. The Labute approximate surface area is 79.3 Å². The molecule has 78 valence electrons. The van der Waals surface area contributed by atoms with Gasteiger partial charge in [0.1, 0.15) is 11.6 Å². The molecule has 0 aliphatic heterocycles. The van der Waals surface area contributed by atoms with E-state index in [1.54, 1.807) is 7.05 Å². The molecule has 0 aromatic carbocycles. The van der Waals surface area contributed by atoms with Crippen LogP contribution in [0, 0.1) is 0 Å². The summed E-state index contributed by atoms with van der Waals surface area (Å²) < 4.78 is 5.13. The van der Waals surface area contributed by atoms with Crippen molar-refractivity contribution in [2.24, 2.45) is 0 Å². The van der Waals surface area contributed by atoms with Crippen LogP contribution < -0.4 is 5.32 Å². The minimum Gasteiger partial charge on any atom is -0.459 e. The summed E-state index contributed by atoms with van der Waals surface area (Å²) >= 11 is 0. The van der Waals surface area contributed by atoms with E-state index in [1.165, 1.54) is 0 Å². The summed E-state index contributed by atoms with van der Waals surface area (Å²) in [6, 6.07) is -0.413. The molecule has 13 heavy (non-hydrogen) atoms. The minimum atomic E-state index is -0.471. The average molecular weight is 189 g/mol. The van der Waals surface area contributed by atoms with Gasteiger partial charge < -0.3 is 15.2 Å². The van der Waals surface area contributed by atoms with Crippen LogP contribution >= 0.6 is 0 Å². The number of esters is 1. The van der Waals surface area contributed by atoms with Gasteiger partial charge in [-0.15, -0.1) is 0 Å². The summed E-state index contributed by atoms with van der Waals surface area (Å²) in [6.07, 6.45) is 0.380. The summed E-state index contributed by atoms with van der Waals surface area (Å²) in [7, 11) is 1.67. The molecule has 1 unspecified atom stereocenters. The predicted molar refractivity (Wildman–Crippen MR) is 50.4 cm³/mol. The first-order valence-electron chi connectivity index (χ1n) is 4.41. The van der Waals surface area contributed by atoms with Gasteiger partial charge in [0.05, 0.1) is 0 Å². The first-order chi connectivity index (χ1) is 5.90. The van der Waals surface area contributed by atoms with Crippen LogP contribution in [0.3, 0.4) is 0 Å². The van der Waals surface area contributed by atoms with Gasteiger partial charge in [0, 0.05) is 6.61 Å². The number of ether oxygens (including phenoxy) is 1. The van der Waals surface area contributed by atoms with E-state index in [9.17, 15) is 4.79 Å². The highest BCUT2D eigenvalue weighted by Crippen LogP contribution is 2.09. The third-order valence-corrected chi connectivity index (χ3v) is 1.46. The van der Waals surface area contributed by atoms with Crippen molar-refractivity contribution in [1.82, 2.24) is 5.32 Å². The molecular formula is C9H19NO3. The van der Waals surface area contributed by atoms with Crippen molar-refractivity contribution in [1.29, 1.82) is 0 Å². The highest BCUT2D eigenvalue weighted by Gasteiger charge is 2.23. The number of nitrogens with one attached hydrogen (secondary N) is 1. The van der Waals surface area contributed by atoms with Crippen molar-refractivity contribution in [3.05, 3.63) is 0 Å². The number of hydrogen-bond donors (Lipinski definition) is 2. The monoisotopic (exact) mass is 189 g/mol. The second-order valence-corrected chi connectivity index (χ2v) is 3.89. The molecule has 0 aromatic rings. The van der Waals surface area contributed by atoms with E-state index in [2.05, 4.69) is 5.32 Å². The number of aliphatic hydroxyl groups is 1. The smallest absolute Gasteiger partial charge is 0.323 e. The summed E-state index contributed by atoms with van der Waals surface area (Å²) in [5.41, 5.74) is -0.471. The largest absolute Gasteiger partial charge is 0.459 e. The molecule has 0 fully saturated rings. The Morgan fingerprint density at radius 1 is 1.54 bits per heavy atom. The molecule has 1 atom stereocenters. The first-order valence-corrected chi connectivity index (χ1v) is 4.41. The number of aliphatic hydroxyl groups excluding tert-OH is 1. The molecule has 0 amide bonds. The SMILES string of the molecule is CNC(CCO)C(=O)OC(C)(C)C. The lowest BCUT2D eigenvalue weighted by molar-refractivity contribution is -0.157. The van der Waals surface area contributed by atoms with Gasteiger partial charge in [-0.05, 0) is 34.2 Å². The van der Waals surface area contributed by atoms with Gasteiger partial charge in [-0.3, -0.25) is 4.79 Å². The van der Waals surface area contributed by atoms with Crippen molar-refractivity contribution >= 4 is 5.97 Å². The maximum atomic E-state index is 11.4. The quantitative estimate of drug-likeness (QED) is 0.624. The van der Waals surface area contributed by atoms with E-state index in [-0.39, 0.29) is 12.6 Å². The van der Waals surface area contributed by atoms with E-state index in [0.717, 1.165) is 0 Å². The molecule has 0 bridgehead atoms. The zero-order valence-electron chi connectivity index (χ0n) is 8.76. The zero-order chi connectivity index (χ0) is 10.5. The molecule has 0 aliphatic carbocycles. The molecule has 0 aliphatic rings. The molecule has 0 aromatic heterocycles. The summed E-state index contributed by atoms with van der Waals surface area (Å²) in [5, 5.41) is 11.5. The fourth-order valence-electron chi connectivity index (χ4n) is 0.882. The number of rotatable bonds is 4. The van der Waals surface area contributed by atoms with Gasteiger partial charge >= 0.3 is 5.97 Å². The van der Waals surface area contributed by atoms with Crippen molar-refractivity contribution in [3.63, 3.8) is 0 Å². The first kappa shape index (κ1) is 12.4. The summed E-state index contributed by atoms with van der Waals surface area (Å²) in [6.45, 7) is 5.43. The van der Waals surface area contributed by atoms with Crippen molar-refractivity contribution < 1.29 is 14.6 Å². The topological polar surface area (TPSA) is 58.6 Å². The predicted octanol–water partition coefficient (Wildman–Crippen LogP) is 0.298. The second-order valence-electron chi connectivity index (χ2n) is 3.89. The maximum absolute atomic E-state index is 11.4. The molecule has 4 heteroatoms. The minimum absolute atomic E-state index is 0.0231. The molecule has 0 saturated carbocycles. The van der Waals surface area contributed by atoms with Gasteiger partial charge in [-0.2, -0.15) is 0 Å². The van der Waals surface area contributed by atoms with Crippen LogP contribution in [0.15, 0.2) is 0 Å². The van der Waals surface area contributed by atoms with E-state index in [4.69, 9.17) is 9.84 Å². The number of carbonyl (C=O) groups excluding carboxylic acids is 1. The third kappa shape index (κ3) is 5.60. The molecule has 0 spiro atoms. The number of carbonyl (C=O) groups is 1. The molecule has 0 saturated heterocycles. The van der Waals surface area contributed by atoms with Gasteiger partial charge in [-0.1, -0.05) is 0 Å². The van der Waals surface area contributed by atoms with Gasteiger partial charge in [-0.25, -0.2) is 0 Å². The van der Waals surface area contributed by atoms with E-state index >= 15 is 0 Å². The normalized spacial score (nSPS) is 13.9. The van der Waals surface area contributed by atoms with Crippen LogP contribution in [-0.2, 0) is 9.53 Å². The standard InChI is InChI=1S/C9H19NO3/c1-9(2,3)13-8(12)7(10-4)5-6-11/h7,10-11H,5-6H2,1-4H3. The second kappa shape index (κ2) is 5.19. The lowest BCUT2D eigenvalue weighted by atomic mass is 10.1. The van der Waals surface area contributed by atoms with Crippen molar-refractivity contribution in [2.75, 3.05) is 13.7 Å². The molecular weight excluding hydrogens is 170 g/mol. The van der Waals surface area contributed by atoms with E-state index in [1.807, 2.05) is 20.8 Å².